The summed E-state index contributed by atoms with van der Waals surface area (Å²) < 4.78 is 1.93. The third-order valence-corrected chi connectivity index (χ3v) is 3.57. The maximum atomic E-state index is 10.9. The molecule has 0 saturated heterocycles. The first-order valence-electron chi connectivity index (χ1n) is 6.92. The molecule has 1 aliphatic carbocycles. The van der Waals surface area contributed by atoms with Gasteiger partial charge in [0, 0.05) is 11.6 Å². The molecule has 0 amide bonds. The Hall–Kier alpha value is -2.10. The third-order valence-electron chi connectivity index (χ3n) is 3.57. The number of rotatable bonds is 4. The highest BCUT2D eigenvalue weighted by molar-refractivity contribution is 5.69. The van der Waals surface area contributed by atoms with Gasteiger partial charge in [0.2, 0.25) is 0 Å². The molecule has 0 unspecified atom stereocenters. The molecule has 1 N–H and O–H groups in total. The Morgan fingerprint density at radius 2 is 1.90 bits per heavy atom. The van der Waals surface area contributed by atoms with Crippen LogP contribution in [0.5, 0.6) is 0 Å². The maximum absolute atomic E-state index is 10.9. The van der Waals surface area contributed by atoms with Crippen LogP contribution in [0.25, 0.3) is 5.69 Å². The molecule has 0 aliphatic heterocycles. The molecule has 0 radical (unpaired) electrons. The summed E-state index contributed by atoms with van der Waals surface area (Å²) in [6.07, 6.45) is 2.32. The summed E-state index contributed by atoms with van der Waals surface area (Å²) >= 11 is 0. The average molecular weight is 270 g/mol. The normalized spacial score (nSPS) is 14.5. The van der Waals surface area contributed by atoms with Gasteiger partial charge in [-0.05, 0) is 56.0 Å². The number of hydrogen-bond donors (Lipinski definition) is 1. The van der Waals surface area contributed by atoms with Crippen molar-refractivity contribution >= 4 is 5.97 Å². The molecule has 3 rings (SSSR count). The highest BCUT2D eigenvalue weighted by atomic mass is 16.4. The van der Waals surface area contributed by atoms with Gasteiger partial charge in [-0.1, -0.05) is 6.07 Å². The molecular weight excluding hydrogens is 252 g/mol. The van der Waals surface area contributed by atoms with Gasteiger partial charge in [-0.2, -0.15) is 5.10 Å². The topological polar surface area (TPSA) is 55.1 Å². The molecule has 4 heteroatoms. The van der Waals surface area contributed by atoms with Gasteiger partial charge in [0.15, 0.2) is 0 Å². The van der Waals surface area contributed by atoms with E-state index in [1.165, 1.54) is 24.0 Å². The van der Waals surface area contributed by atoms with Gasteiger partial charge >= 0.3 is 5.97 Å². The Labute approximate surface area is 118 Å². The molecule has 1 aromatic heterocycles. The molecule has 1 aromatic carbocycles. The smallest absolute Gasteiger partial charge is 0.309 e. The van der Waals surface area contributed by atoms with E-state index in [0.717, 1.165) is 11.4 Å². The maximum Gasteiger partial charge on any atom is 0.309 e. The van der Waals surface area contributed by atoms with Crippen molar-refractivity contribution in [3.8, 4) is 5.69 Å². The van der Waals surface area contributed by atoms with Crippen molar-refractivity contribution in [3.63, 3.8) is 0 Å². The predicted molar refractivity (Wildman–Crippen MR) is 76.4 cm³/mol. The van der Waals surface area contributed by atoms with Gasteiger partial charge in [-0.25, -0.2) is 4.68 Å². The van der Waals surface area contributed by atoms with Crippen LogP contribution in [0.4, 0.5) is 0 Å². The second-order valence-corrected chi connectivity index (χ2v) is 5.66. The number of nitrogens with zero attached hydrogens (tertiary/aromatic N) is 2. The fourth-order valence-electron chi connectivity index (χ4n) is 2.64. The quantitative estimate of drug-likeness (QED) is 0.929. The molecule has 4 nitrogen and oxygen atoms in total. The Kier molecular flexibility index (Phi) is 3.08. The largest absolute Gasteiger partial charge is 0.481 e. The molecule has 0 bridgehead atoms. The molecule has 1 aliphatic rings. The van der Waals surface area contributed by atoms with E-state index < -0.39 is 5.97 Å². The van der Waals surface area contributed by atoms with Gasteiger partial charge in [0.25, 0.3) is 0 Å². The van der Waals surface area contributed by atoms with Gasteiger partial charge < -0.3 is 5.11 Å². The van der Waals surface area contributed by atoms with Crippen LogP contribution in [0.1, 0.15) is 41.3 Å². The molecule has 0 spiro atoms. The van der Waals surface area contributed by atoms with Gasteiger partial charge in [0.1, 0.15) is 0 Å². The van der Waals surface area contributed by atoms with Crippen molar-refractivity contribution in [2.45, 2.75) is 39.0 Å². The number of benzene rings is 1. The van der Waals surface area contributed by atoms with Crippen molar-refractivity contribution in [2.75, 3.05) is 0 Å². The van der Waals surface area contributed by atoms with Gasteiger partial charge in [-0.3, -0.25) is 4.79 Å². The van der Waals surface area contributed by atoms with Crippen molar-refractivity contribution < 1.29 is 9.90 Å². The molecule has 0 atom stereocenters. The number of hydrogen-bond acceptors (Lipinski definition) is 2. The van der Waals surface area contributed by atoms with Crippen LogP contribution in [0.15, 0.2) is 24.3 Å². The lowest BCUT2D eigenvalue weighted by Gasteiger charge is -2.08. The van der Waals surface area contributed by atoms with E-state index >= 15 is 0 Å². The Balaban J connectivity index is 2.06. The minimum atomic E-state index is -0.836. The Morgan fingerprint density at radius 3 is 2.45 bits per heavy atom. The van der Waals surface area contributed by atoms with E-state index in [-0.39, 0.29) is 6.42 Å². The molecule has 1 fully saturated rings. The third kappa shape index (κ3) is 2.59. The lowest BCUT2D eigenvalue weighted by atomic mass is 10.1. The highest BCUT2D eigenvalue weighted by Crippen LogP contribution is 2.41. The standard InChI is InChI=1S/C16H18N2O2/c1-10-5-11(2)7-14(6-10)18-15(12-3-4-12)8-13(17-18)9-16(19)20/h5-8,12H,3-4,9H2,1-2H3,(H,19,20). The van der Waals surface area contributed by atoms with Crippen molar-refractivity contribution in [1.82, 2.24) is 9.78 Å². The van der Waals surface area contributed by atoms with Crippen LogP contribution in [-0.4, -0.2) is 20.9 Å². The number of carboxylic acids is 1. The number of aryl methyl sites for hydroxylation is 2. The van der Waals surface area contributed by atoms with Crippen LogP contribution in [0, 0.1) is 13.8 Å². The minimum absolute atomic E-state index is 0.0164. The zero-order chi connectivity index (χ0) is 14.3. The average Bonchev–Trinajstić information content (AvgIpc) is 3.09. The van der Waals surface area contributed by atoms with Gasteiger partial charge in [0.05, 0.1) is 17.8 Å². The zero-order valence-electron chi connectivity index (χ0n) is 11.8. The molecule has 2 aromatic rings. The summed E-state index contributed by atoms with van der Waals surface area (Å²) in [6, 6.07) is 8.26. The summed E-state index contributed by atoms with van der Waals surface area (Å²) in [7, 11) is 0. The minimum Gasteiger partial charge on any atom is -0.481 e. The van der Waals surface area contributed by atoms with E-state index in [4.69, 9.17) is 5.11 Å². The van der Waals surface area contributed by atoms with E-state index in [1.54, 1.807) is 0 Å². The van der Waals surface area contributed by atoms with E-state index in [1.807, 2.05) is 10.7 Å². The predicted octanol–water partition coefficient (Wildman–Crippen LogP) is 2.99. The highest BCUT2D eigenvalue weighted by Gasteiger charge is 2.29. The van der Waals surface area contributed by atoms with Crippen molar-refractivity contribution in [2.24, 2.45) is 0 Å². The fourth-order valence-corrected chi connectivity index (χ4v) is 2.64. The lowest BCUT2D eigenvalue weighted by molar-refractivity contribution is -0.136. The van der Waals surface area contributed by atoms with E-state index in [9.17, 15) is 4.79 Å². The first-order valence-corrected chi connectivity index (χ1v) is 6.92. The molecule has 104 valence electrons. The fraction of sp³-hybridized carbons (Fsp3) is 0.375. The molecular formula is C16H18N2O2. The number of carbonyl (C=O) groups is 1. The van der Waals surface area contributed by atoms with E-state index in [2.05, 4.69) is 37.1 Å². The lowest BCUT2D eigenvalue weighted by Crippen LogP contribution is -2.04. The number of carboxylic acid groups (broad SMARTS) is 1. The Morgan fingerprint density at radius 1 is 1.25 bits per heavy atom. The van der Waals surface area contributed by atoms with Crippen LogP contribution in [-0.2, 0) is 11.2 Å². The molecule has 1 saturated carbocycles. The second-order valence-electron chi connectivity index (χ2n) is 5.66. The SMILES string of the molecule is Cc1cc(C)cc(-n2nc(CC(=O)O)cc2C2CC2)c1. The van der Waals surface area contributed by atoms with Crippen molar-refractivity contribution in [3.05, 3.63) is 46.8 Å². The zero-order valence-corrected chi connectivity index (χ0v) is 11.8. The monoisotopic (exact) mass is 270 g/mol. The summed E-state index contributed by atoms with van der Waals surface area (Å²) in [5.74, 6) is -0.303. The number of aromatic nitrogens is 2. The van der Waals surface area contributed by atoms with Crippen LogP contribution >= 0.6 is 0 Å². The van der Waals surface area contributed by atoms with Crippen LogP contribution in [0.3, 0.4) is 0 Å². The van der Waals surface area contributed by atoms with E-state index in [0.29, 0.717) is 11.6 Å². The van der Waals surface area contributed by atoms with Crippen molar-refractivity contribution in [1.29, 1.82) is 0 Å². The first kappa shape index (κ1) is 12.9. The van der Waals surface area contributed by atoms with Gasteiger partial charge in [-0.15, -0.1) is 0 Å². The summed E-state index contributed by atoms with van der Waals surface area (Å²) in [4.78, 5) is 10.9. The summed E-state index contributed by atoms with van der Waals surface area (Å²) in [6.45, 7) is 4.13. The second kappa shape index (κ2) is 4.78. The first-order chi connectivity index (χ1) is 9.52. The van der Waals surface area contributed by atoms with Crippen LogP contribution < -0.4 is 0 Å². The van der Waals surface area contributed by atoms with Crippen LogP contribution in [0.2, 0.25) is 0 Å². The summed E-state index contributed by atoms with van der Waals surface area (Å²) in [5.41, 5.74) is 5.19. The number of aliphatic carboxylic acids is 1. The molecule has 20 heavy (non-hydrogen) atoms. The Bertz CT molecular complexity index is 649. The summed E-state index contributed by atoms with van der Waals surface area (Å²) in [5, 5.41) is 13.4. The molecule has 1 heterocycles.